The number of halogens is 2. The molecule has 0 saturated carbocycles. The Bertz CT molecular complexity index is 500. The van der Waals surface area contributed by atoms with E-state index in [0.29, 0.717) is 6.07 Å². The fourth-order valence-corrected chi connectivity index (χ4v) is 2.85. The molecule has 1 unspecified atom stereocenters. The van der Waals surface area contributed by atoms with Crippen LogP contribution in [0, 0.1) is 17.6 Å². The summed E-state index contributed by atoms with van der Waals surface area (Å²) in [5.74, 6) is -2.54. The van der Waals surface area contributed by atoms with Crippen LogP contribution in [0.5, 0.6) is 0 Å². The lowest BCUT2D eigenvalue weighted by atomic mass is 10.1. The van der Waals surface area contributed by atoms with Gasteiger partial charge in [-0.3, -0.25) is 0 Å². The summed E-state index contributed by atoms with van der Waals surface area (Å²) in [6.07, 6.45) is 0. The van der Waals surface area contributed by atoms with Crippen molar-refractivity contribution in [1.29, 1.82) is 0 Å². The minimum absolute atomic E-state index is 0.00456. The molecular weight excluding hydrogens is 248 g/mol. The molecule has 0 heterocycles. The van der Waals surface area contributed by atoms with E-state index in [1.807, 2.05) is 0 Å². The van der Waals surface area contributed by atoms with Crippen molar-refractivity contribution >= 4 is 9.84 Å². The van der Waals surface area contributed by atoms with Crippen LogP contribution in [0.3, 0.4) is 0 Å². The second-order valence-electron chi connectivity index (χ2n) is 4.27. The van der Waals surface area contributed by atoms with E-state index in [4.69, 9.17) is 5.73 Å². The Morgan fingerprint density at radius 1 is 1.24 bits per heavy atom. The highest BCUT2D eigenvalue weighted by molar-refractivity contribution is 7.91. The van der Waals surface area contributed by atoms with E-state index in [1.165, 1.54) is 0 Å². The van der Waals surface area contributed by atoms with E-state index in [2.05, 4.69) is 0 Å². The number of hydrogen-bond donors (Lipinski definition) is 1. The first kappa shape index (κ1) is 14.1. The summed E-state index contributed by atoms with van der Waals surface area (Å²) in [5.41, 5.74) is 5.66. The number of benzene rings is 1. The summed E-state index contributed by atoms with van der Waals surface area (Å²) >= 11 is 0. The molecule has 6 heteroatoms. The SMILES string of the molecule is CC(C)C(N)CS(=O)(=O)c1ccc(F)c(F)c1. The molecule has 2 N–H and O–H groups in total. The molecule has 0 amide bonds. The summed E-state index contributed by atoms with van der Waals surface area (Å²) in [6, 6.07) is 1.98. The first-order valence-electron chi connectivity index (χ1n) is 5.17. The molecule has 3 nitrogen and oxygen atoms in total. The van der Waals surface area contributed by atoms with E-state index in [9.17, 15) is 17.2 Å². The van der Waals surface area contributed by atoms with E-state index in [-0.39, 0.29) is 16.6 Å². The summed E-state index contributed by atoms with van der Waals surface area (Å²) in [6.45, 7) is 3.59. The van der Waals surface area contributed by atoms with Gasteiger partial charge in [-0.05, 0) is 24.1 Å². The topological polar surface area (TPSA) is 60.2 Å². The Balaban J connectivity index is 3.01. The Morgan fingerprint density at radius 2 is 1.82 bits per heavy atom. The van der Waals surface area contributed by atoms with Gasteiger partial charge in [0, 0.05) is 6.04 Å². The van der Waals surface area contributed by atoms with Crippen molar-refractivity contribution in [2.24, 2.45) is 11.7 Å². The maximum Gasteiger partial charge on any atom is 0.180 e. The van der Waals surface area contributed by atoms with Gasteiger partial charge in [0.25, 0.3) is 0 Å². The van der Waals surface area contributed by atoms with Gasteiger partial charge in [-0.25, -0.2) is 17.2 Å². The lowest BCUT2D eigenvalue weighted by Gasteiger charge is -2.15. The summed E-state index contributed by atoms with van der Waals surface area (Å²) in [4.78, 5) is -0.243. The molecule has 0 aliphatic heterocycles. The minimum Gasteiger partial charge on any atom is -0.327 e. The number of nitrogens with two attached hydrogens (primary N) is 1. The zero-order valence-corrected chi connectivity index (χ0v) is 10.5. The fraction of sp³-hybridized carbons (Fsp3) is 0.455. The highest BCUT2D eigenvalue weighted by atomic mass is 32.2. The monoisotopic (exact) mass is 263 g/mol. The maximum absolute atomic E-state index is 12.9. The number of rotatable bonds is 4. The molecule has 0 fully saturated rings. The quantitative estimate of drug-likeness (QED) is 0.841. The minimum atomic E-state index is -3.68. The molecule has 0 saturated heterocycles. The molecule has 0 bridgehead atoms. The van der Waals surface area contributed by atoms with E-state index in [1.54, 1.807) is 13.8 Å². The standard InChI is InChI=1S/C11H15F2NO2S/c1-7(2)11(14)6-17(15,16)8-3-4-9(12)10(13)5-8/h3-5,7,11H,6,14H2,1-2H3. The van der Waals surface area contributed by atoms with Gasteiger partial charge in [0.1, 0.15) is 0 Å². The van der Waals surface area contributed by atoms with Gasteiger partial charge in [0.05, 0.1) is 10.6 Å². The largest absolute Gasteiger partial charge is 0.327 e. The third kappa shape index (κ3) is 3.47. The molecule has 0 aliphatic carbocycles. The van der Waals surface area contributed by atoms with Crippen molar-refractivity contribution in [3.8, 4) is 0 Å². The molecule has 1 rings (SSSR count). The molecule has 0 aromatic heterocycles. The predicted octanol–water partition coefficient (Wildman–Crippen LogP) is 1.72. The van der Waals surface area contributed by atoms with Gasteiger partial charge in [-0.2, -0.15) is 0 Å². The molecule has 17 heavy (non-hydrogen) atoms. The summed E-state index contributed by atoms with van der Waals surface area (Å²) < 4.78 is 49.3. The van der Waals surface area contributed by atoms with Gasteiger partial charge in [0.2, 0.25) is 0 Å². The molecular formula is C11H15F2NO2S. The van der Waals surface area contributed by atoms with Crippen LogP contribution in [0.4, 0.5) is 8.78 Å². The molecule has 0 aliphatic rings. The van der Waals surface area contributed by atoms with Crippen LogP contribution in [0.15, 0.2) is 23.1 Å². The molecule has 96 valence electrons. The lowest BCUT2D eigenvalue weighted by Crippen LogP contribution is -2.34. The van der Waals surface area contributed by atoms with Crippen LogP contribution in [-0.2, 0) is 9.84 Å². The summed E-state index contributed by atoms with van der Waals surface area (Å²) in [5, 5.41) is 0. The molecule has 1 aromatic carbocycles. The Kier molecular flexibility index (Phi) is 4.21. The lowest BCUT2D eigenvalue weighted by molar-refractivity contribution is 0.502. The predicted molar refractivity (Wildman–Crippen MR) is 61.2 cm³/mol. The van der Waals surface area contributed by atoms with Crippen LogP contribution in [-0.4, -0.2) is 20.2 Å². The Labute approximate surface area is 99.6 Å². The Morgan fingerprint density at radius 3 is 2.29 bits per heavy atom. The maximum atomic E-state index is 12.9. The van der Waals surface area contributed by atoms with Crippen LogP contribution < -0.4 is 5.73 Å². The third-order valence-electron chi connectivity index (χ3n) is 2.52. The molecule has 0 radical (unpaired) electrons. The van der Waals surface area contributed by atoms with Crippen molar-refractivity contribution in [2.75, 3.05) is 5.75 Å². The fourth-order valence-electron chi connectivity index (χ4n) is 1.21. The Hall–Kier alpha value is -1.01. The highest BCUT2D eigenvalue weighted by Crippen LogP contribution is 2.17. The van der Waals surface area contributed by atoms with Crippen LogP contribution in [0.25, 0.3) is 0 Å². The van der Waals surface area contributed by atoms with Gasteiger partial charge >= 0.3 is 0 Å². The van der Waals surface area contributed by atoms with Crippen LogP contribution in [0.2, 0.25) is 0 Å². The zero-order chi connectivity index (χ0) is 13.2. The third-order valence-corrected chi connectivity index (χ3v) is 4.31. The van der Waals surface area contributed by atoms with Gasteiger partial charge in [0.15, 0.2) is 21.5 Å². The van der Waals surface area contributed by atoms with Crippen LogP contribution >= 0.6 is 0 Å². The molecule has 1 aromatic rings. The van der Waals surface area contributed by atoms with Gasteiger partial charge in [-0.15, -0.1) is 0 Å². The van der Waals surface area contributed by atoms with Crippen molar-refractivity contribution < 1.29 is 17.2 Å². The summed E-state index contributed by atoms with van der Waals surface area (Å²) in [7, 11) is -3.68. The van der Waals surface area contributed by atoms with Gasteiger partial charge < -0.3 is 5.73 Å². The average molecular weight is 263 g/mol. The van der Waals surface area contributed by atoms with Crippen molar-refractivity contribution in [3.05, 3.63) is 29.8 Å². The van der Waals surface area contributed by atoms with Gasteiger partial charge in [-0.1, -0.05) is 13.8 Å². The number of sulfone groups is 1. The zero-order valence-electron chi connectivity index (χ0n) is 9.65. The normalized spacial score (nSPS) is 14.0. The molecule has 1 atom stereocenters. The van der Waals surface area contributed by atoms with Crippen molar-refractivity contribution in [2.45, 2.75) is 24.8 Å². The van der Waals surface area contributed by atoms with E-state index in [0.717, 1.165) is 12.1 Å². The average Bonchev–Trinajstić information content (AvgIpc) is 2.21. The van der Waals surface area contributed by atoms with Crippen LogP contribution in [0.1, 0.15) is 13.8 Å². The van der Waals surface area contributed by atoms with E-state index < -0.39 is 27.5 Å². The van der Waals surface area contributed by atoms with Crippen molar-refractivity contribution in [3.63, 3.8) is 0 Å². The smallest absolute Gasteiger partial charge is 0.180 e. The van der Waals surface area contributed by atoms with E-state index >= 15 is 0 Å². The second kappa shape index (κ2) is 5.10. The number of hydrogen-bond acceptors (Lipinski definition) is 3. The highest BCUT2D eigenvalue weighted by Gasteiger charge is 2.21. The molecule has 0 spiro atoms. The second-order valence-corrected chi connectivity index (χ2v) is 6.30. The van der Waals surface area contributed by atoms with Crippen molar-refractivity contribution in [1.82, 2.24) is 0 Å². The first-order chi connectivity index (χ1) is 7.74. The first-order valence-corrected chi connectivity index (χ1v) is 6.82.